The van der Waals surface area contributed by atoms with E-state index in [2.05, 4.69) is 15.3 Å². The third kappa shape index (κ3) is 4.38. The van der Waals surface area contributed by atoms with Crippen LogP contribution in [0.3, 0.4) is 0 Å². The highest BCUT2D eigenvalue weighted by Gasteiger charge is 2.34. The van der Waals surface area contributed by atoms with E-state index < -0.39 is 5.60 Å². The molecule has 2 N–H and O–H groups in total. The van der Waals surface area contributed by atoms with Gasteiger partial charge in [0, 0.05) is 23.3 Å². The number of morpholine rings is 1. The standard InChI is InChI=1S/C18H24N4O3S/c1-11-7-13(21-17-20-12(2)10-26-17)8-14(19-11)15-9-22(5-6-25-15)16(23)18(3,4)24/h7-8,10,15,24H,5-6,9H2,1-4H3,(H,19,20,21). The van der Waals surface area contributed by atoms with E-state index in [9.17, 15) is 9.90 Å². The average Bonchev–Trinajstić information content (AvgIpc) is 2.97. The normalized spacial score (nSPS) is 18.0. The molecule has 3 rings (SSSR count). The summed E-state index contributed by atoms with van der Waals surface area (Å²) in [6.07, 6.45) is -0.325. The second kappa shape index (κ2) is 7.30. The van der Waals surface area contributed by atoms with Crippen molar-refractivity contribution in [3.05, 3.63) is 34.6 Å². The van der Waals surface area contributed by atoms with Crippen LogP contribution in [0.25, 0.3) is 0 Å². The monoisotopic (exact) mass is 376 g/mol. The van der Waals surface area contributed by atoms with Crippen LogP contribution in [0.4, 0.5) is 10.8 Å². The summed E-state index contributed by atoms with van der Waals surface area (Å²) in [7, 11) is 0. The molecule has 140 valence electrons. The van der Waals surface area contributed by atoms with Crippen LogP contribution in [0, 0.1) is 13.8 Å². The van der Waals surface area contributed by atoms with Gasteiger partial charge in [0.25, 0.3) is 5.91 Å². The Morgan fingerprint density at radius 2 is 2.12 bits per heavy atom. The zero-order valence-electron chi connectivity index (χ0n) is 15.4. The maximum absolute atomic E-state index is 12.4. The van der Waals surface area contributed by atoms with Crippen molar-refractivity contribution < 1.29 is 14.6 Å². The van der Waals surface area contributed by atoms with Crippen LogP contribution < -0.4 is 5.32 Å². The first kappa shape index (κ1) is 18.8. The molecular weight excluding hydrogens is 352 g/mol. The van der Waals surface area contributed by atoms with Gasteiger partial charge in [0.15, 0.2) is 5.13 Å². The van der Waals surface area contributed by atoms with Crippen LogP contribution >= 0.6 is 11.3 Å². The molecule has 2 aromatic heterocycles. The Bertz CT molecular complexity index is 800. The van der Waals surface area contributed by atoms with E-state index >= 15 is 0 Å². The summed E-state index contributed by atoms with van der Waals surface area (Å²) in [6, 6.07) is 3.87. The average molecular weight is 376 g/mol. The Morgan fingerprint density at radius 1 is 1.35 bits per heavy atom. The number of thiazole rings is 1. The van der Waals surface area contributed by atoms with Gasteiger partial charge in [-0.05, 0) is 39.8 Å². The fraction of sp³-hybridized carbons (Fsp3) is 0.500. The van der Waals surface area contributed by atoms with Gasteiger partial charge in [0.2, 0.25) is 0 Å². The quantitative estimate of drug-likeness (QED) is 0.853. The molecule has 1 atom stereocenters. The van der Waals surface area contributed by atoms with Gasteiger partial charge >= 0.3 is 0 Å². The second-order valence-corrected chi connectivity index (χ2v) is 7.87. The van der Waals surface area contributed by atoms with Gasteiger partial charge in [-0.15, -0.1) is 11.3 Å². The number of carbonyl (C=O) groups is 1. The number of aromatic nitrogens is 2. The van der Waals surface area contributed by atoms with E-state index in [-0.39, 0.29) is 12.0 Å². The van der Waals surface area contributed by atoms with Gasteiger partial charge in [-0.1, -0.05) is 0 Å². The molecule has 1 aliphatic heterocycles. The summed E-state index contributed by atoms with van der Waals surface area (Å²) >= 11 is 1.54. The fourth-order valence-corrected chi connectivity index (χ4v) is 3.57. The molecule has 1 unspecified atom stereocenters. The van der Waals surface area contributed by atoms with Crippen molar-refractivity contribution in [2.45, 2.75) is 39.4 Å². The minimum atomic E-state index is -1.39. The smallest absolute Gasteiger partial charge is 0.254 e. The number of aryl methyl sites for hydroxylation is 2. The van der Waals surface area contributed by atoms with Crippen LogP contribution in [0.15, 0.2) is 17.5 Å². The van der Waals surface area contributed by atoms with Crippen molar-refractivity contribution in [3.63, 3.8) is 0 Å². The molecule has 2 aromatic rings. The SMILES string of the molecule is Cc1cc(Nc2nc(C)cs2)cc(C2CN(C(=O)C(C)(C)O)CCO2)n1. The zero-order valence-corrected chi connectivity index (χ0v) is 16.3. The summed E-state index contributed by atoms with van der Waals surface area (Å²) < 4.78 is 5.84. The predicted molar refractivity (Wildman–Crippen MR) is 101 cm³/mol. The number of hydrogen-bond donors (Lipinski definition) is 2. The Labute approximate surface area is 157 Å². The summed E-state index contributed by atoms with van der Waals surface area (Å²) in [5.41, 5.74) is 2.08. The van der Waals surface area contributed by atoms with E-state index in [0.717, 1.165) is 27.9 Å². The van der Waals surface area contributed by atoms with Crippen LogP contribution in [-0.2, 0) is 9.53 Å². The van der Waals surface area contributed by atoms with E-state index in [0.29, 0.717) is 19.7 Å². The number of nitrogens with one attached hydrogen (secondary N) is 1. The number of hydrogen-bond acceptors (Lipinski definition) is 7. The fourth-order valence-electron chi connectivity index (χ4n) is 2.87. The van der Waals surface area contributed by atoms with Crippen LogP contribution in [0.5, 0.6) is 0 Å². The van der Waals surface area contributed by atoms with E-state index in [1.807, 2.05) is 31.4 Å². The zero-order chi connectivity index (χ0) is 18.9. The summed E-state index contributed by atoms with van der Waals surface area (Å²) in [6.45, 7) is 8.13. The Morgan fingerprint density at radius 3 is 2.77 bits per heavy atom. The van der Waals surface area contributed by atoms with Crippen LogP contribution in [-0.4, -0.2) is 51.2 Å². The number of rotatable bonds is 4. The predicted octanol–water partition coefficient (Wildman–Crippen LogP) is 2.57. The highest BCUT2D eigenvalue weighted by atomic mass is 32.1. The van der Waals surface area contributed by atoms with Gasteiger partial charge in [0.05, 0.1) is 24.5 Å². The third-order valence-corrected chi connectivity index (χ3v) is 4.93. The van der Waals surface area contributed by atoms with Crippen molar-refractivity contribution in [1.82, 2.24) is 14.9 Å². The van der Waals surface area contributed by atoms with Crippen LogP contribution in [0.1, 0.15) is 37.0 Å². The van der Waals surface area contributed by atoms with Crippen molar-refractivity contribution >= 4 is 28.1 Å². The van der Waals surface area contributed by atoms with E-state index in [1.165, 1.54) is 13.8 Å². The van der Waals surface area contributed by atoms with Gasteiger partial charge in [-0.25, -0.2) is 4.98 Å². The highest BCUT2D eigenvalue weighted by Crippen LogP contribution is 2.27. The molecule has 0 spiro atoms. The Hall–Kier alpha value is -2.03. The molecule has 8 heteroatoms. The van der Waals surface area contributed by atoms with Gasteiger partial charge in [0.1, 0.15) is 11.7 Å². The molecule has 1 fully saturated rings. The lowest BCUT2D eigenvalue weighted by molar-refractivity contribution is -0.155. The molecule has 1 amide bonds. The van der Waals surface area contributed by atoms with Crippen molar-refractivity contribution in [2.24, 2.45) is 0 Å². The maximum Gasteiger partial charge on any atom is 0.254 e. The first-order valence-electron chi connectivity index (χ1n) is 8.53. The summed E-state index contributed by atoms with van der Waals surface area (Å²) in [4.78, 5) is 23.0. The molecule has 0 aromatic carbocycles. The largest absolute Gasteiger partial charge is 0.381 e. The first-order valence-corrected chi connectivity index (χ1v) is 9.41. The minimum Gasteiger partial charge on any atom is -0.381 e. The van der Waals surface area contributed by atoms with Crippen LogP contribution in [0.2, 0.25) is 0 Å². The van der Waals surface area contributed by atoms with Gasteiger partial charge in [-0.2, -0.15) is 0 Å². The number of carbonyl (C=O) groups excluding carboxylic acids is 1. The number of anilines is 2. The van der Waals surface area contributed by atoms with E-state index in [1.54, 1.807) is 16.2 Å². The number of pyridine rings is 1. The lowest BCUT2D eigenvalue weighted by Gasteiger charge is -2.35. The highest BCUT2D eigenvalue weighted by molar-refractivity contribution is 7.13. The number of aliphatic hydroxyl groups is 1. The molecule has 0 bridgehead atoms. The van der Waals surface area contributed by atoms with Gasteiger partial charge < -0.3 is 20.1 Å². The molecule has 1 aliphatic rings. The number of nitrogens with zero attached hydrogens (tertiary/aromatic N) is 3. The second-order valence-electron chi connectivity index (χ2n) is 7.01. The minimum absolute atomic E-state index is 0.296. The van der Waals surface area contributed by atoms with Gasteiger partial charge in [-0.3, -0.25) is 9.78 Å². The first-order chi connectivity index (χ1) is 12.2. The topological polar surface area (TPSA) is 87.6 Å². The van der Waals surface area contributed by atoms with Crippen molar-refractivity contribution in [2.75, 3.05) is 25.0 Å². The summed E-state index contributed by atoms with van der Waals surface area (Å²) in [5.74, 6) is -0.296. The third-order valence-electron chi connectivity index (χ3n) is 4.05. The van der Waals surface area contributed by atoms with E-state index in [4.69, 9.17) is 4.74 Å². The molecule has 0 aliphatic carbocycles. The molecule has 7 nitrogen and oxygen atoms in total. The molecule has 3 heterocycles. The lowest BCUT2D eigenvalue weighted by atomic mass is 10.1. The molecular formula is C18H24N4O3S. The molecule has 0 saturated carbocycles. The maximum atomic E-state index is 12.4. The molecule has 26 heavy (non-hydrogen) atoms. The van der Waals surface area contributed by atoms with Crippen molar-refractivity contribution in [1.29, 1.82) is 0 Å². The Kier molecular flexibility index (Phi) is 5.27. The summed E-state index contributed by atoms with van der Waals surface area (Å²) in [5, 5.41) is 16.1. The molecule has 1 saturated heterocycles. The van der Waals surface area contributed by atoms with Crippen molar-refractivity contribution in [3.8, 4) is 0 Å². The number of amides is 1. The Balaban J connectivity index is 1.78. The molecule has 0 radical (unpaired) electrons. The lowest BCUT2D eigenvalue weighted by Crippen LogP contribution is -2.50. The number of ether oxygens (including phenoxy) is 1.